The fraction of sp³-hybridized carbons (Fsp3) is 0.650. The molecule has 1 amide bonds. The van der Waals surface area contributed by atoms with Crippen molar-refractivity contribution in [2.75, 3.05) is 63.8 Å². The summed E-state index contributed by atoms with van der Waals surface area (Å²) in [5, 5.41) is 0. The van der Waals surface area contributed by atoms with Crippen molar-refractivity contribution >= 4 is 11.6 Å². The van der Waals surface area contributed by atoms with Gasteiger partial charge < -0.3 is 9.80 Å². The first-order valence-corrected chi connectivity index (χ1v) is 9.81. The molecule has 0 radical (unpaired) electrons. The van der Waals surface area contributed by atoms with Crippen molar-refractivity contribution in [2.24, 2.45) is 0 Å². The summed E-state index contributed by atoms with van der Waals surface area (Å²) in [5.74, 6) is 0.0513. The number of piperazine rings is 2. The van der Waals surface area contributed by atoms with Gasteiger partial charge in [0, 0.05) is 64.1 Å². The van der Waals surface area contributed by atoms with E-state index in [0.29, 0.717) is 12.6 Å². The van der Waals surface area contributed by atoms with E-state index in [2.05, 4.69) is 28.5 Å². The van der Waals surface area contributed by atoms with Crippen LogP contribution in [0.4, 0.5) is 10.1 Å². The Kier molecular flexibility index (Phi) is 6.48. The second-order valence-corrected chi connectivity index (χ2v) is 7.41. The lowest BCUT2D eigenvalue weighted by atomic mass is 10.2. The van der Waals surface area contributed by atoms with E-state index in [0.717, 1.165) is 64.5 Å². The molecule has 0 spiro atoms. The first kappa shape index (κ1) is 19.1. The van der Waals surface area contributed by atoms with E-state index in [1.54, 1.807) is 0 Å². The summed E-state index contributed by atoms with van der Waals surface area (Å²) in [6.45, 7) is 12.1. The Morgan fingerprint density at radius 1 is 1.00 bits per heavy atom. The largest absolute Gasteiger partial charge is 0.369 e. The number of benzene rings is 1. The molecule has 2 aliphatic rings. The molecule has 2 aliphatic heterocycles. The number of rotatable bonds is 5. The minimum absolute atomic E-state index is 0.202. The van der Waals surface area contributed by atoms with Crippen LogP contribution in [0.5, 0.6) is 0 Å². The van der Waals surface area contributed by atoms with Gasteiger partial charge in [-0.3, -0.25) is 14.6 Å². The zero-order chi connectivity index (χ0) is 18.5. The van der Waals surface area contributed by atoms with Gasteiger partial charge in [-0.1, -0.05) is 6.92 Å². The van der Waals surface area contributed by atoms with Crippen LogP contribution >= 0.6 is 0 Å². The average molecular weight is 362 g/mol. The maximum Gasteiger partial charge on any atom is 0.236 e. The van der Waals surface area contributed by atoms with E-state index in [1.165, 1.54) is 12.1 Å². The molecule has 1 atom stereocenters. The molecule has 5 nitrogen and oxygen atoms in total. The fourth-order valence-electron chi connectivity index (χ4n) is 3.78. The van der Waals surface area contributed by atoms with Crippen LogP contribution in [-0.2, 0) is 4.79 Å². The molecule has 0 saturated carbocycles. The van der Waals surface area contributed by atoms with Crippen molar-refractivity contribution in [1.29, 1.82) is 0 Å². The summed E-state index contributed by atoms with van der Waals surface area (Å²) in [6.07, 6.45) is 1.16. The lowest BCUT2D eigenvalue weighted by molar-refractivity contribution is -0.134. The molecule has 0 aromatic heterocycles. The number of amides is 1. The topological polar surface area (TPSA) is 30.0 Å². The van der Waals surface area contributed by atoms with Crippen LogP contribution in [0.25, 0.3) is 0 Å². The summed E-state index contributed by atoms with van der Waals surface area (Å²) in [4.78, 5) is 21.6. The molecule has 2 heterocycles. The lowest BCUT2D eigenvalue weighted by Gasteiger charge is -2.40. The van der Waals surface area contributed by atoms with Gasteiger partial charge in [0.05, 0.1) is 6.54 Å². The molecule has 3 rings (SSSR count). The fourth-order valence-corrected chi connectivity index (χ4v) is 3.78. The second kappa shape index (κ2) is 8.82. The van der Waals surface area contributed by atoms with Gasteiger partial charge in [-0.15, -0.1) is 0 Å². The molecular formula is C20H31FN4O. The van der Waals surface area contributed by atoms with E-state index in [1.807, 2.05) is 17.0 Å². The maximum atomic E-state index is 13.1. The van der Waals surface area contributed by atoms with Gasteiger partial charge in [-0.25, -0.2) is 4.39 Å². The quantitative estimate of drug-likeness (QED) is 0.800. The van der Waals surface area contributed by atoms with Crippen molar-refractivity contribution in [3.05, 3.63) is 30.1 Å². The second-order valence-electron chi connectivity index (χ2n) is 7.41. The van der Waals surface area contributed by atoms with Crippen LogP contribution in [0.3, 0.4) is 0 Å². The van der Waals surface area contributed by atoms with E-state index in [-0.39, 0.29) is 11.7 Å². The van der Waals surface area contributed by atoms with Gasteiger partial charge in [0.15, 0.2) is 0 Å². The smallest absolute Gasteiger partial charge is 0.236 e. The highest BCUT2D eigenvalue weighted by molar-refractivity contribution is 5.78. The standard InChI is InChI=1S/C20H31FN4O/c1-3-17(2)23-12-14-25(15-13-23)20(26)16-22-8-10-24(11-9-22)19-6-4-18(21)5-7-19/h4-7,17H,3,8-16H2,1-2H3. The molecular weight excluding hydrogens is 331 g/mol. The number of anilines is 1. The van der Waals surface area contributed by atoms with Crippen LogP contribution < -0.4 is 4.90 Å². The summed E-state index contributed by atoms with van der Waals surface area (Å²) >= 11 is 0. The Hall–Kier alpha value is -1.66. The molecule has 1 aromatic carbocycles. The third-order valence-electron chi connectivity index (χ3n) is 5.80. The third kappa shape index (κ3) is 4.74. The van der Waals surface area contributed by atoms with Crippen LogP contribution in [0.15, 0.2) is 24.3 Å². The Morgan fingerprint density at radius 2 is 1.62 bits per heavy atom. The molecule has 0 aliphatic carbocycles. The van der Waals surface area contributed by atoms with Gasteiger partial charge >= 0.3 is 0 Å². The third-order valence-corrected chi connectivity index (χ3v) is 5.80. The van der Waals surface area contributed by atoms with Crippen molar-refractivity contribution in [2.45, 2.75) is 26.3 Å². The molecule has 1 aromatic rings. The molecule has 0 bridgehead atoms. The van der Waals surface area contributed by atoms with E-state index in [4.69, 9.17) is 0 Å². The number of nitrogens with zero attached hydrogens (tertiary/aromatic N) is 4. The predicted octanol–water partition coefficient (Wildman–Crippen LogP) is 1.89. The van der Waals surface area contributed by atoms with Gasteiger partial charge in [-0.05, 0) is 37.6 Å². The zero-order valence-corrected chi connectivity index (χ0v) is 16.0. The van der Waals surface area contributed by atoms with E-state index < -0.39 is 0 Å². The summed E-state index contributed by atoms with van der Waals surface area (Å²) in [6, 6.07) is 7.26. The number of hydrogen-bond donors (Lipinski definition) is 0. The molecule has 6 heteroatoms. The van der Waals surface area contributed by atoms with Crippen molar-refractivity contribution in [3.8, 4) is 0 Å². The first-order valence-electron chi connectivity index (χ1n) is 9.81. The van der Waals surface area contributed by atoms with Crippen LogP contribution in [-0.4, -0.2) is 85.6 Å². The molecule has 0 N–H and O–H groups in total. The monoisotopic (exact) mass is 362 g/mol. The summed E-state index contributed by atoms with van der Waals surface area (Å²) in [5.41, 5.74) is 1.05. The van der Waals surface area contributed by atoms with Gasteiger partial charge in [0.25, 0.3) is 0 Å². The van der Waals surface area contributed by atoms with E-state index >= 15 is 0 Å². The van der Waals surface area contributed by atoms with Gasteiger partial charge in [0.1, 0.15) is 5.82 Å². The summed E-state index contributed by atoms with van der Waals surface area (Å²) in [7, 11) is 0. The molecule has 26 heavy (non-hydrogen) atoms. The van der Waals surface area contributed by atoms with Gasteiger partial charge in [0.2, 0.25) is 5.91 Å². The number of hydrogen-bond acceptors (Lipinski definition) is 4. The Morgan fingerprint density at radius 3 is 2.19 bits per heavy atom. The van der Waals surface area contributed by atoms with Crippen LogP contribution in [0.1, 0.15) is 20.3 Å². The number of carbonyl (C=O) groups excluding carboxylic acids is 1. The minimum atomic E-state index is -0.202. The molecule has 2 saturated heterocycles. The molecule has 2 fully saturated rings. The summed E-state index contributed by atoms with van der Waals surface area (Å²) < 4.78 is 13.1. The molecule has 1 unspecified atom stereocenters. The minimum Gasteiger partial charge on any atom is -0.369 e. The van der Waals surface area contributed by atoms with Crippen molar-refractivity contribution in [1.82, 2.24) is 14.7 Å². The van der Waals surface area contributed by atoms with E-state index in [9.17, 15) is 9.18 Å². The highest BCUT2D eigenvalue weighted by atomic mass is 19.1. The SMILES string of the molecule is CCC(C)N1CCN(C(=O)CN2CCN(c3ccc(F)cc3)CC2)CC1. The highest BCUT2D eigenvalue weighted by Crippen LogP contribution is 2.17. The Labute approximate surface area is 156 Å². The zero-order valence-electron chi connectivity index (χ0n) is 16.0. The Bertz CT molecular complexity index is 578. The maximum absolute atomic E-state index is 13.1. The van der Waals surface area contributed by atoms with Crippen LogP contribution in [0, 0.1) is 5.82 Å². The van der Waals surface area contributed by atoms with Gasteiger partial charge in [-0.2, -0.15) is 0 Å². The Balaban J connectivity index is 1.42. The molecule has 144 valence electrons. The highest BCUT2D eigenvalue weighted by Gasteiger charge is 2.26. The van der Waals surface area contributed by atoms with Crippen molar-refractivity contribution < 1.29 is 9.18 Å². The lowest BCUT2D eigenvalue weighted by Crippen LogP contribution is -2.55. The van der Waals surface area contributed by atoms with Crippen molar-refractivity contribution in [3.63, 3.8) is 0 Å². The predicted molar refractivity (Wildman–Crippen MR) is 103 cm³/mol. The number of carbonyl (C=O) groups is 1. The van der Waals surface area contributed by atoms with Crippen LogP contribution in [0.2, 0.25) is 0 Å². The number of halogens is 1. The average Bonchev–Trinajstić information content (AvgIpc) is 2.69. The normalized spacial score (nSPS) is 21.0. The first-order chi connectivity index (χ1) is 12.6.